The lowest BCUT2D eigenvalue weighted by atomic mass is 9.47. The van der Waals surface area contributed by atoms with E-state index in [1.807, 2.05) is 0 Å². The van der Waals surface area contributed by atoms with Crippen LogP contribution in [0.3, 0.4) is 0 Å². The predicted octanol–water partition coefficient (Wildman–Crippen LogP) is 1.16. The van der Waals surface area contributed by atoms with Crippen molar-refractivity contribution >= 4 is 12.4 Å². The lowest BCUT2D eigenvalue weighted by molar-refractivity contribution is -0.293. The summed E-state index contributed by atoms with van der Waals surface area (Å²) in [5.41, 5.74) is 4.14. The Labute approximate surface area is 58.0 Å². The maximum atomic E-state index is 12.2. The predicted molar refractivity (Wildman–Crippen MR) is 31.8 cm³/mol. The van der Waals surface area contributed by atoms with E-state index in [2.05, 4.69) is 0 Å². The zero-order valence-electron chi connectivity index (χ0n) is 4.73. The Morgan fingerprint density at radius 1 is 1.33 bits per heavy atom. The van der Waals surface area contributed by atoms with Gasteiger partial charge in [-0.25, -0.2) is 8.78 Å². The van der Waals surface area contributed by atoms with Crippen molar-refractivity contribution in [1.29, 1.82) is 0 Å². The van der Waals surface area contributed by atoms with E-state index in [1.54, 1.807) is 0 Å². The van der Waals surface area contributed by atoms with Crippen LogP contribution in [0.5, 0.6) is 0 Å². The van der Waals surface area contributed by atoms with E-state index in [4.69, 9.17) is 5.73 Å². The highest BCUT2D eigenvalue weighted by Gasteiger charge is 2.77. The smallest absolute Gasteiger partial charge is 0.268 e. The third-order valence-electron chi connectivity index (χ3n) is 2.40. The summed E-state index contributed by atoms with van der Waals surface area (Å²) in [5.74, 6) is -2.88. The summed E-state index contributed by atoms with van der Waals surface area (Å²) < 4.78 is 24.5. The first-order chi connectivity index (χ1) is 3.56. The van der Waals surface area contributed by atoms with E-state index < -0.39 is 11.5 Å². The summed E-state index contributed by atoms with van der Waals surface area (Å²) in [6.07, 6.45) is 1.08. The molecule has 54 valence electrons. The van der Waals surface area contributed by atoms with E-state index in [0.717, 1.165) is 0 Å². The van der Waals surface area contributed by atoms with Crippen molar-refractivity contribution in [3.63, 3.8) is 0 Å². The number of hydrogen-bond acceptors (Lipinski definition) is 1. The molecule has 3 rings (SSSR count). The molecule has 0 spiro atoms. The maximum Gasteiger partial charge on any atom is 0.268 e. The van der Waals surface area contributed by atoms with Crippen molar-refractivity contribution in [2.24, 2.45) is 11.7 Å². The van der Waals surface area contributed by atoms with Gasteiger partial charge in [-0.15, -0.1) is 12.4 Å². The Kier molecular flexibility index (Phi) is 1.12. The number of rotatable bonds is 0. The quantitative estimate of drug-likeness (QED) is 0.558. The Bertz CT molecular complexity index is 139. The van der Waals surface area contributed by atoms with Gasteiger partial charge in [-0.1, -0.05) is 0 Å². The summed E-state index contributed by atoms with van der Waals surface area (Å²) in [6.45, 7) is 0. The first kappa shape index (κ1) is 7.22. The van der Waals surface area contributed by atoms with Crippen LogP contribution < -0.4 is 5.73 Å². The van der Waals surface area contributed by atoms with E-state index in [9.17, 15) is 8.78 Å². The van der Waals surface area contributed by atoms with Gasteiger partial charge in [0, 0.05) is 5.92 Å². The van der Waals surface area contributed by atoms with E-state index >= 15 is 0 Å². The van der Waals surface area contributed by atoms with Crippen LogP contribution >= 0.6 is 12.4 Å². The summed E-state index contributed by atoms with van der Waals surface area (Å²) in [7, 11) is 0. The van der Waals surface area contributed by atoms with Crippen LogP contribution in [-0.2, 0) is 0 Å². The van der Waals surface area contributed by atoms with Crippen molar-refractivity contribution in [2.45, 2.75) is 24.3 Å². The molecule has 9 heavy (non-hydrogen) atoms. The van der Waals surface area contributed by atoms with Crippen molar-refractivity contribution < 1.29 is 8.78 Å². The minimum absolute atomic E-state index is 0. The lowest BCUT2D eigenvalue weighted by Gasteiger charge is -2.65. The zero-order valence-corrected chi connectivity index (χ0v) is 5.55. The van der Waals surface area contributed by atoms with Crippen LogP contribution in [0, 0.1) is 5.92 Å². The molecular weight excluding hydrogens is 148 g/mol. The lowest BCUT2D eigenvalue weighted by Crippen LogP contribution is -2.81. The number of hydrogen-bond donors (Lipinski definition) is 1. The summed E-state index contributed by atoms with van der Waals surface area (Å²) in [4.78, 5) is 0. The van der Waals surface area contributed by atoms with Gasteiger partial charge in [-0.05, 0) is 12.8 Å². The molecule has 0 aliphatic heterocycles. The van der Waals surface area contributed by atoms with Gasteiger partial charge in [-0.2, -0.15) is 0 Å². The fourth-order valence-electron chi connectivity index (χ4n) is 1.49. The van der Waals surface area contributed by atoms with Crippen molar-refractivity contribution in [3.05, 3.63) is 0 Å². The highest BCUT2D eigenvalue weighted by Crippen LogP contribution is 2.65. The van der Waals surface area contributed by atoms with E-state index in [1.165, 1.54) is 0 Å². The minimum atomic E-state index is -2.51. The van der Waals surface area contributed by atoms with Gasteiger partial charge in [0.1, 0.15) is 0 Å². The molecule has 0 atom stereocenters. The monoisotopic (exact) mass is 155 g/mol. The van der Waals surface area contributed by atoms with Crippen LogP contribution in [-0.4, -0.2) is 11.5 Å². The average Bonchev–Trinajstić information content (AvgIpc) is 1.62. The van der Waals surface area contributed by atoms with Crippen LogP contribution in [0.1, 0.15) is 12.8 Å². The fourth-order valence-corrected chi connectivity index (χ4v) is 1.49. The highest BCUT2D eigenvalue weighted by molar-refractivity contribution is 5.85. The molecule has 3 fully saturated rings. The molecule has 2 N–H and O–H groups in total. The van der Waals surface area contributed by atoms with Gasteiger partial charge in [0.15, 0.2) is 0 Å². The Balaban J connectivity index is 0.000000405. The molecular formula is C5H8ClF2N. The molecule has 0 radical (unpaired) electrons. The second kappa shape index (κ2) is 1.40. The number of alkyl halides is 2. The third-order valence-corrected chi connectivity index (χ3v) is 2.40. The van der Waals surface area contributed by atoms with Crippen LogP contribution in [0.25, 0.3) is 0 Å². The van der Waals surface area contributed by atoms with Gasteiger partial charge in [0.25, 0.3) is 5.92 Å². The molecule has 0 aromatic heterocycles. The molecule has 0 aromatic carbocycles. The standard InChI is InChI=1S/C5H7F2N.ClH/c6-5(7)3-1-4(5,8)2-3;/h3H,1-2,8H2;1H. The summed E-state index contributed by atoms with van der Waals surface area (Å²) >= 11 is 0. The van der Waals surface area contributed by atoms with Gasteiger partial charge < -0.3 is 5.73 Å². The van der Waals surface area contributed by atoms with Gasteiger partial charge in [0.05, 0.1) is 5.54 Å². The van der Waals surface area contributed by atoms with Crippen molar-refractivity contribution in [1.82, 2.24) is 0 Å². The van der Waals surface area contributed by atoms with Crippen LogP contribution in [0.2, 0.25) is 0 Å². The van der Waals surface area contributed by atoms with Crippen LogP contribution in [0.4, 0.5) is 8.78 Å². The van der Waals surface area contributed by atoms with Crippen LogP contribution in [0.15, 0.2) is 0 Å². The summed E-state index contributed by atoms with van der Waals surface area (Å²) in [6, 6.07) is 0. The number of nitrogens with two attached hydrogens (primary N) is 1. The third kappa shape index (κ3) is 0.480. The molecule has 3 aliphatic carbocycles. The number of halogens is 3. The van der Waals surface area contributed by atoms with E-state index in [0.29, 0.717) is 12.8 Å². The topological polar surface area (TPSA) is 26.0 Å². The molecule has 0 saturated heterocycles. The molecule has 0 amide bonds. The van der Waals surface area contributed by atoms with Gasteiger partial charge in [-0.3, -0.25) is 0 Å². The Morgan fingerprint density at radius 2 is 1.67 bits per heavy atom. The Hall–Kier alpha value is 0.110. The molecule has 0 unspecified atom stereocenters. The summed E-state index contributed by atoms with van der Waals surface area (Å²) in [5, 5.41) is 0. The zero-order chi connectivity index (χ0) is 5.99. The average molecular weight is 156 g/mol. The first-order valence-corrected chi connectivity index (χ1v) is 2.73. The SMILES string of the molecule is Cl.NC12CC(C1)C2(F)F. The highest BCUT2D eigenvalue weighted by atomic mass is 35.5. The second-order valence-corrected chi connectivity index (χ2v) is 2.88. The molecule has 3 saturated carbocycles. The largest absolute Gasteiger partial charge is 0.320 e. The molecule has 0 aromatic rings. The molecule has 4 heteroatoms. The van der Waals surface area contributed by atoms with Gasteiger partial charge >= 0.3 is 0 Å². The van der Waals surface area contributed by atoms with Crippen molar-refractivity contribution in [2.75, 3.05) is 0 Å². The minimum Gasteiger partial charge on any atom is -0.320 e. The molecule has 0 heterocycles. The molecule has 3 aliphatic rings. The maximum absolute atomic E-state index is 12.2. The normalized spacial score (nSPS) is 50.3. The van der Waals surface area contributed by atoms with Crippen molar-refractivity contribution in [3.8, 4) is 0 Å². The first-order valence-electron chi connectivity index (χ1n) is 2.73. The van der Waals surface area contributed by atoms with E-state index in [-0.39, 0.29) is 18.3 Å². The molecule has 1 nitrogen and oxygen atoms in total. The fraction of sp³-hybridized carbons (Fsp3) is 1.00. The van der Waals surface area contributed by atoms with Gasteiger partial charge in [0.2, 0.25) is 0 Å². The Morgan fingerprint density at radius 3 is 1.67 bits per heavy atom. The molecule has 2 bridgehead atoms. The second-order valence-electron chi connectivity index (χ2n) is 2.88.